The molecular weight excluding hydrogens is 612 g/mol. The Hall–Kier alpha value is -2.88. The minimum absolute atomic E-state index is 0.0508. The van der Waals surface area contributed by atoms with Gasteiger partial charge in [-0.15, -0.1) is 0 Å². The van der Waals surface area contributed by atoms with Gasteiger partial charge in [-0.2, -0.15) is 0 Å². The number of anilines is 1. The summed E-state index contributed by atoms with van der Waals surface area (Å²) in [5, 5.41) is 8.01. The first-order valence-corrected chi connectivity index (χ1v) is 17.5. The first kappa shape index (κ1) is 33.5. The van der Waals surface area contributed by atoms with E-state index in [0.717, 1.165) is 75.0 Å². The van der Waals surface area contributed by atoms with E-state index < -0.39 is 17.0 Å². The second kappa shape index (κ2) is 14.3. The third kappa shape index (κ3) is 7.42. The largest absolute Gasteiger partial charge is 0.490 e. The van der Waals surface area contributed by atoms with E-state index in [2.05, 4.69) is 40.8 Å². The minimum Gasteiger partial charge on any atom is -0.490 e. The summed E-state index contributed by atoms with van der Waals surface area (Å²) in [5.74, 6) is 0.692. The molecule has 0 radical (unpaired) electrons. The number of allylic oxidation sites excluding steroid dienone is 1. The van der Waals surface area contributed by atoms with Crippen molar-refractivity contribution in [3.8, 4) is 5.75 Å². The number of hydrogen-bond acceptors (Lipinski definition) is 6. The Labute approximate surface area is 274 Å². The molecule has 6 rings (SSSR count). The summed E-state index contributed by atoms with van der Waals surface area (Å²) in [4.78, 5) is 24.8. The molecule has 6 unspecified atom stereocenters. The quantitative estimate of drug-likeness (QED) is 0.346. The number of hydrogen-bond donors (Lipinski definition) is 2. The van der Waals surface area contributed by atoms with Gasteiger partial charge in [0, 0.05) is 43.1 Å². The summed E-state index contributed by atoms with van der Waals surface area (Å²) in [6.07, 6.45) is 10.6. The van der Waals surface area contributed by atoms with E-state index in [9.17, 15) is 9.00 Å². The highest BCUT2D eigenvalue weighted by atomic mass is 35.5. The number of nitrogens with zero attached hydrogens (tertiary/aromatic N) is 1. The van der Waals surface area contributed by atoms with Crippen molar-refractivity contribution in [2.75, 3.05) is 31.7 Å². The Balaban J connectivity index is 0.000000945. The van der Waals surface area contributed by atoms with E-state index >= 15 is 0 Å². The van der Waals surface area contributed by atoms with Crippen LogP contribution in [-0.4, -0.2) is 59.4 Å². The summed E-state index contributed by atoms with van der Waals surface area (Å²) < 4.78 is 28.5. The highest BCUT2D eigenvalue weighted by molar-refractivity contribution is 7.84. The number of carboxylic acid groups (broad SMARTS) is 1. The molecule has 1 fully saturated rings. The second-order valence-corrected chi connectivity index (χ2v) is 15.1. The second-order valence-electron chi connectivity index (χ2n) is 13.1. The van der Waals surface area contributed by atoms with Gasteiger partial charge in [0.15, 0.2) is 0 Å². The van der Waals surface area contributed by atoms with Crippen molar-refractivity contribution >= 4 is 40.2 Å². The van der Waals surface area contributed by atoms with Gasteiger partial charge < -0.3 is 19.5 Å². The van der Waals surface area contributed by atoms with Crippen molar-refractivity contribution in [2.24, 2.45) is 17.8 Å². The van der Waals surface area contributed by atoms with Gasteiger partial charge in [-0.25, -0.2) is 4.21 Å². The summed E-state index contributed by atoms with van der Waals surface area (Å²) in [5.41, 5.74) is 3.90. The molecule has 1 amide bonds. The molecule has 1 spiro atoms. The van der Waals surface area contributed by atoms with Gasteiger partial charge in [0.05, 0.1) is 23.6 Å². The van der Waals surface area contributed by atoms with Crippen LogP contribution in [0.25, 0.3) is 0 Å². The van der Waals surface area contributed by atoms with E-state index in [-0.39, 0.29) is 28.6 Å². The Kier molecular flexibility index (Phi) is 10.6. The third-order valence-electron chi connectivity index (χ3n) is 10.1. The normalized spacial score (nSPS) is 31.8. The van der Waals surface area contributed by atoms with Gasteiger partial charge in [-0.3, -0.25) is 14.3 Å². The summed E-state index contributed by atoms with van der Waals surface area (Å²) in [6.45, 7) is 7.35. The van der Waals surface area contributed by atoms with Gasteiger partial charge in [0.25, 0.3) is 11.9 Å². The van der Waals surface area contributed by atoms with Crippen molar-refractivity contribution in [2.45, 2.75) is 76.1 Å². The minimum atomic E-state index is -1.50. The number of fused-ring (bicyclic) bond motifs is 4. The van der Waals surface area contributed by atoms with Crippen molar-refractivity contribution in [1.82, 2.24) is 4.72 Å². The number of carbonyl (C=O) groups is 2. The van der Waals surface area contributed by atoms with Gasteiger partial charge in [-0.1, -0.05) is 36.7 Å². The molecular formula is C35H45ClN2O6S. The molecule has 2 aliphatic carbocycles. The lowest BCUT2D eigenvalue weighted by Gasteiger charge is -2.46. The van der Waals surface area contributed by atoms with Gasteiger partial charge in [-0.05, 0) is 105 Å². The number of methoxy groups -OCH3 is 1. The van der Waals surface area contributed by atoms with Crippen LogP contribution in [0.15, 0.2) is 48.6 Å². The molecule has 2 bridgehead atoms. The lowest BCUT2D eigenvalue weighted by Crippen LogP contribution is -2.49. The van der Waals surface area contributed by atoms with Crippen LogP contribution < -0.4 is 14.4 Å². The Morgan fingerprint density at radius 1 is 1.20 bits per heavy atom. The molecule has 2 aromatic carbocycles. The van der Waals surface area contributed by atoms with Crippen LogP contribution in [0.2, 0.25) is 5.02 Å². The number of carbonyl (C=O) groups excluding carboxylic acids is 1. The van der Waals surface area contributed by atoms with Crippen molar-refractivity contribution < 1.29 is 28.4 Å². The van der Waals surface area contributed by atoms with E-state index in [0.29, 0.717) is 24.0 Å². The number of aliphatic carboxylic acids is 1. The molecule has 2 N–H and O–H groups in total. The lowest BCUT2D eigenvalue weighted by molar-refractivity contribution is -0.134. The molecule has 4 aliphatic rings. The molecule has 8 nitrogen and oxygen atoms in total. The van der Waals surface area contributed by atoms with E-state index in [4.69, 9.17) is 31.0 Å². The van der Waals surface area contributed by atoms with Crippen LogP contribution >= 0.6 is 11.6 Å². The number of benzene rings is 2. The maximum Gasteiger partial charge on any atom is 0.300 e. The average Bonchev–Trinajstić information content (AvgIpc) is 3.14. The number of amides is 1. The molecule has 45 heavy (non-hydrogen) atoms. The Morgan fingerprint density at radius 2 is 1.98 bits per heavy atom. The first-order chi connectivity index (χ1) is 21.5. The van der Waals surface area contributed by atoms with Gasteiger partial charge >= 0.3 is 0 Å². The average molecular weight is 657 g/mol. The first-order valence-electron chi connectivity index (χ1n) is 15.9. The molecule has 10 heteroatoms. The van der Waals surface area contributed by atoms with Gasteiger partial charge in [0.2, 0.25) is 0 Å². The maximum absolute atomic E-state index is 13.3. The predicted octanol–water partition coefficient (Wildman–Crippen LogP) is 6.32. The standard InChI is InChI=1S/C33H41ClN2O4S.C2H4O2/c1-21-6-4-8-30(39-3)27-12-9-25(27)18-36-19-33(15-5-7-23-16-26(34)11-13-28(23)33)20-40-31-14-10-24(17-29(31)36)32(37)35-41(38)22(21)2;1-2(3)4/h4,8,10-11,13-14,16-17,21-22,25,27,30H,5-7,9,12,15,18-20H2,1-3H3,(H,35,37);1H3,(H,3,4)/b8-4+;/t21?,22?,25?,27?,30?,33-,41?;/m0./s1. The fraction of sp³-hybridized carbons (Fsp3) is 0.543. The zero-order valence-corrected chi connectivity index (χ0v) is 28.2. The number of aryl methyl sites for hydroxylation is 1. The zero-order chi connectivity index (χ0) is 32.3. The number of rotatable bonds is 1. The fourth-order valence-electron chi connectivity index (χ4n) is 7.26. The number of halogens is 1. The molecule has 2 aliphatic heterocycles. The SMILES string of the molecule is CC(=O)O.COC1/C=C/CC(C)C(C)S(=O)NC(=O)c2ccc3c(c2)N(CC2CCC21)C[C@@]1(CCCc2cc(Cl)ccc21)CO3. The van der Waals surface area contributed by atoms with Crippen LogP contribution in [0.3, 0.4) is 0 Å². The lowest BCUT2D eigenvalue weighted by atomic mass is 9.68. The maximum atomic E-state index is 13.3. The summed E-state index contributed by atoms with van der Waals surface area (Å²) in [7, 11) is 0.305. The number of carboxylic acids is 1. The molecule has 0 saturated heterocycles. The molecule has 1 saturated carbocycles. The van der Waals surface area contributed by atoms with Crippen LogP contribution in [0.4, 0.5) is 5.69 Å². The van der Waals surface area contributed by atoms with Crippen LogP contribution in [-0.2, 0) is 32.4 Å². The van der Waals surface area contributed by atoms with Crippen molar-refractivity contribution in [1.29, 1.82) is 0 Å². The summed E-state index contributed by atoms with van der Waals surface area (Å²) >= 11 is 6.41. The smallest absolute Gasteiger partial charge is 0.300 e. The highest BCUT2D eigenvalue weighted by Gasteiger charge is 2.44. The van der Waals surface area contributed by atoms with Crippen LogP contribution in [0.1, 0.15) is 74.4 Å². The fourth-order valence-corrected chi connectivity index (χ4v) is 8.48. The van der Waals surface area contributed by atoms with E-state index in [1.165, 1.54) is 11.1 Å². The van der Waals surface area contributed by atoms with Crippen molar-refractivity contribution in [3.63, 3.8) is 0 Å². The molecule has 2 aromatic rings. The molecule has 0 aromatic heterocycles. The topological polar surface area (TPSA) is 105 Å². The van der Waals surface area contributed by atoms with Gasteiger partial charge in [0.1, 0.15) is 16.7 Å². The number of nitrogens with one attached hydrogen (secondary N) is 1. The Morgan fingerprint density at radius 3 is 2.69 bits per heavy atom. The van der Waals surface area contributed by atoms with Crippen LogP contribution in [0, 0.1) is 17.8 Å². The molecule has 244 valence electrons. The number of ether oxygens (including phenoxy) is 2. The predicted molar refractivity (Wildman–Crippen MR) is 179 cm³/mol. The van der Waals surface area contributed by atoms with E-state index in [1.807, 2.05) is 25.1 Å². The Bertz CT molecular complexity index is 1460. The van der Waals surface area contributed by atoms with Crippen LogP contribution in [0.5, 0.6) is 5.75 Å². The van der Waals surface area contributed by atoms with Crippen molar-refractivity contribution in [3.05, 3.63) is 70.3 Å². The van der Waals surface area contributed by atoms with E-state index in [1.54, 1.807) is 13.2 Å². The molecule has 2 heterocycles. The summed E-state index contributed by atoms with van der Waals surface area (Å²) in [6, 6.07) is 12.0. The zero-order valence-electron chi connectivity index (χ0n) is 26.6. The monoisotopic (exact) mass is 656 g/mol. The molecule has 7 atom stereocenters. The third-order valence-corrected chi connectivity index (χ3v) is 11.9. The highest BCUT2D eigenvalue weighted by Crippen LogP contribution is 2.47.